The highest BCUT2D eigenvalue weighted by molar-refractivity contribution is 5.92. The number of aromatic nitrogens is 3. The van der Waals surface area contributed by atoms with E-state index in [0.29, 0.717) is 17.2 Å². The molecule has 4 rings (SSSR count). The number of nitrogens with zero attached hydrogens (tertiary/aromatic N) is 3. The van der Waals surface area contributed by atoms with Gasteiger partial charge in [0, 0.05) is 24.2 Å². The average Bonchev–Trinajstić information content (AvgIpc) is 3.01. The van der Waals surface area contributed by atoms with Gasteiger partial charge < -0.3 is 19.4 Å². The molecule has 1 aliphatic heterocycles. The number of carbonyl (C=O) groups excluding carboxylic acids is 1. The molecule has 7 nitrogen and oxygen atoms in total. The van der Waals surface area contributed by atoms with Crippen molar-refractivity contribution in [3.63, 3.8) is 0 Å². The van der Waals surface area contributed by atoms with Crippen molar-refractivity contribution in [3.8, 4) is 22.9 Å². The summed E-state index contributed by atoms with van der Waals surface area (Å²) in [4.78, 5) is 12.2. The van der Waals surface area contributed by atoms with Crippen LogP contribution in [0.1, 0.15) is 25.1 Å². The molecule has 1 N–H and O–H groups in total. The number of benzene rings is 2. The third kappa shape index (κ3) is 4.39. The van der Waals surface area contributed by atoms with E-state index in [4.69, 9.17) is 9.47 Å². The lowest BCUT2D eigenvalue weighted by molar-refractivity contribution is -0.118. The van der Waals surface area contributed by atoms with Gasteiger partial charge in [0.15, 0.2) is 23.9 Å². The number of hydrogen-bond acceptors (Lipinski definition) is 5. The highest BCUT2D eigenvalue weighted by Crippen LogP contribution is 2.26. The van der Waals surface area contributed by atoms with E-state index in [2.05, 4.69) is 20.1 Å². The Morgan fingerprint density at radius 2 is 1.83 bits per heavy atom. The zero-order chi connectivity index (χ0) is 20.1. The molecule has 0 radical (unpaired) electrons. The van der Waals surface area contributed by atoms with Gasteiger partial charge in [0.2, 0.25) is 0 Å². The van der Waals surface area contributed by atoms with Crippen LogP contribution in [-0.4, -0.2) is 34.4 Å². The van der Waals surface area contributed by atoms with Crippen molar-refractivity contribution >= 4 is 11.6 Å². The monoisotopic (exact) mass is 392 g/mol. The van der Waals surface area contributed by atoms with Gasteiger partial charge in [-0.25, -0.2) is 0 Å². The summed E-state index contributed by atoms with van der Waals surface area (Å²) in [6, 6.07) is 14.9. The molecule has 2 aromatic carbocycles. The summed E-state index contributed by atoms with van der Waals surface area (Å²) in [5.74, 6) is 2.84. The topological polar surface area (TPSA) is 78.3 Å². The van der Waals surface area contributed by atoms with Gasteiger partial charge in [0.1, 0.15) is 5.82 Å². The molecular formula is C22H24N4O3. The summed E-state index contributed by atoms with van der Waals surface area (Å²) in [7, 11) is 1.57. The Hall–Kier alpha value is -3.35. The first-order valence-corrected chi connectivity index (χ1v) is 9.83. The molecule has 1 aromatic heterocycles. The molecule has 2 heterocycles. The van der Waals surface area contributed by atoms with Crippen molar-refractivity contribution in [1.82, 2.24) is 14.8 Å². The predicted octanol–water partition coefficient (Wildman–Crippen LogP) is 3.70. The van der Waals surface area contributed by atoms with E-state index < -0.39 is 0 Å². The van der Waals surface area contributed by atoms with Gasteiger partial charge in [-0.05, 0) is 49.2 Å². The fraction of sp³-hybridized carbons (Fsp3) is 0.318. The molecule has 0 saturated heterocycles. The molecule has 0 saturated carbocycles. The van der Waals surface area contributed by atoms with Crippen LogP contribution in [0.25, 0.3) is 11.4 Å². The summed E-state index contributed by atoms with van der Waals surface area (Å²) in [6.45, 7) is 0.857. The van der Waals surface area contributed by atoms with Gasteiger partial charge in [0.05, 0.1) is 7.11 Å². The van der Waals surface area contributed by atoms with Gasteiger partial charge in [-0.15, -0.1) is 10.2 Å². The van der Waals surface area contributed by atoms with Crippen LogP contribution >= 0.6 is 0 Å². The van der Waals surface area contributed by atoms with E-state index in [-0.39, 0.29) is 12.5 Å². The minimum atomic E-state index is -0.236. The number of carbonyl (C=O) groups is 1. The van der Waals surface area contributed by atoms with Crippen molar-refractivity contribution in [2.24, 2.45) is 0 Å². The van der Waals surface area contributed by atoms with Crippen molar-refractivity contribution in [3.05, 3.63) is 54.4 Å². The van der Waals surface area contributed by atoms with Crippen molar-refractivity contribution in [2.75, 3.05) is 19.0 Å². The number of anilines is 1. The Morgan fingerprint density at radius 1 is 1.03 bits per heavy atom. The maximum absolute atomic E-state index is 12.2. The highest BCUT2D eigenvalue weighted by atomic mass is 16.5. The maximum atomic E-state index is 12.2. The van der Waals surface area contributed by atoms with Crippen molar-refractivity contribution in [1.29, 1.82) is 0 Å². The highest BCUT2D eigenvalue weighted by Gasteiger charge is 2.16. The zero-order valence-electron chi connectivity index (χ0n) is 16.4. The zero-order valence-corrected chi connectivity index (χ0v) is 16.4. The van der Waals surface area contributed by atoms with E-state index in [1.807, 2.05) is 36.4 Å². The first-order chi connectivity index (χ1) is 14.2. The molecule has 7 heteroatoms. The molecule has 29 heavy (non-hydrogen) atoms. The number of para-hydroxylation sites is 2. The number of ether oxygens (including phenoxy) is 2. The number of methoxy groups -OCH3 is 1. The number of nitrogens with one attached hydrogen (secondary N) is 1. The van der Waals surface area contributed by atoms with E-state index >= 15 is 0 Å². The molecular weight excluding hydrogens is 368 g/mol. The Kier molecular flexibility index (Phi) is 5.74. The lowest BCUT2D eigenvalue weighted by Gasteiger charge is -2.11. The first-order valence-electron chi connectivity index (χ1n) is 9.83. The average molecular weight is 392 g/mol. The Labute approximate surface area is 169 Å². The second-order valence-corrected chi connectivity index (χ2v) is 6.97. The van der Waals surface area contributed by atoms with Gasteiger partial charge in [-0.3, -0.25) is 4.79 Å². The maximum Gasteiger partial charge on any atom is 0.262 e. The smallest absolute Gasteiger partial charge is 0.262 e. The van der Waals surface area contributed by atoms with E-state index in [9.17, 15) is 4.79 Å². The molecule has 150 valence electrons. The third-order valence-electron chi connectivity index (χ3n) is 4.96. The van der Waals surface area contributed by atoms with Crippen LogP contribution in [0.15, 0.2) is 48.5 Å². The van der Waals surface area contributed by atoms with Crippen LogP contribution in [0.4, 0.5) is 5.69 Å². The number of rotatable bonds is 6. The molecule has 0 spiro atoms. The summed E-state index contributed by atoms with van der Waals surface area (Å²) < 4.78 is 13.0. The molecule has 0 atom stereocenters. The van der Waals surface area contributed by atoms with Crippen LogP contribution in [0, 0.1) is 0 Å². The van der Waals surface area contributed by atoms with Crippen LogP contribution in [-0.2, 0) is 17.8 Å². The number of aryl methyl sites for hydroxylation is 1. The third-order valence-corrected chi connectivity index (χ3v) is 4.96. The quantitative estimate of drug-likeness (QED) is 0.692. The van der Waals surface area contributed by atoms with Crippen molar-refractivity contribution in [2.45, 2.75) is 32.2 Å². The molecule has 1 amide bonds. The molecule has 0 fully saturated rings. The Bertz CT molecular complexity index is 982. The number of amides is 1. The van der Waals surface area contributed by atoms with Crippen LogP contribution in [0.3, 0.4) is 0 Å². The molecule has 3 aromatic rings. The summed E-state index contributed by atoms with van der Waals surface area (Å²) in [6.07, 6.45) is 4.52. The lowest BCUT2D eigenvalue weighted by Crippen LogP contribution is -2.20. The summed E-state index contributed by atoms with van der Waals surface area (Å²) >= 11 is 0. The molecule has 0 unspecified atom stereocenters. The minimum Gasteiger partial charge on any atom is -0.493 e. The minimum absolute atomic E-state index is 0.0974. The van der Waals surface area contributed by atoms with E-state index in [1.165, 1.54) is 12.8 Å². The normalized spacial score (nSPS) is 13.3. The van der Waals surface area contributed by atoms with Crippen LogP contribution in [0.2, 0.25) is 0 Å². The number of hydrogen-bond donors (Lipinski definition) is 1. The van der Waals surface area contributed by atoms with Crippen LogP contribution in [0.5, 0.6) is 11.5 Å². The van der Waals surface area contributed by atoms with Gasteiger partial charge >= 0.3 is 0 Å². The van der Waals surface area contributed by atoms with E-state index in [0.717, 1.165) is 36.6 Å². The Morgan fingerprint density at radius 3 is 2.62 bits per heavy atom. The fourth-order valence-corrected chi connectivity index (χ4v) is 3.48. The fourth-order valence-electron chi connectivity index (χ4n) is 3.48. The summed E-state index contributed by atoms with van der Waals surface area (Å²) in [5.41, 5.74) is 1.70. The summed E-state index contributed by atoms with van der Waals surface area (Å²) in [5, 5.41) is 11.6. The SMILES string of the molecule is COc1ccccc1OCC(=O)Nc1ccc(-c2nnc3n2CCCCC3)cc1. The second kappa shape index (κ2) is 8.77. The van der Waals surface area contributed by atoms with E-state index in [1.54, 1.807) is 19.2 Å². The standard InChI is InChI=1S/C22H24N4O3/c1-28-18-7-4-5-8-19(18)29-15-21(27)23-17-12-10-16(11-13-17)22-25-24-20-9-3-2-6-14-26(20)22/h4-5,7-8,10-13H,2-3,6,9,14-15H2,1H3,(H,23,27). The second-order valence-electron chi connectivity index (χ2n) is 6.97. The first kappa shape index (κ1) is 19.0. The Balaban J connectivity index is 1.38. The van der Waals surface area contributed by atoms with Gasteiger partial charge in [-0.1, -0.05) is 18.6 Å². The van der Waals surface area contributed by atoms with Crippen molar-refractivity contribution < 1.29 is 14.3 Å². The number of fused-ring (bicyclic) bond motifs is 1. The van der Waals surface area contributed by atoms with Gasteiger partial charge in [0.25, 0.3) is 5.91 Å². The predicted molar refractivity (Wildman–Crippen MR) is 110 cm³/mol. The molecule has 0 bridgehead atoms. The molecule has 1 aliphatic rings. The lowest BCUT2D eigenvalue weighted by atomic mass is 10.2. The molecule has 0 aliphatic carbocycles. The van der Waals surface area contributed by atoms with Crippen LogP contribution < -0.4 is 14.8 Å². The van der Waals surface area contributed by atoms with Gasteiger partial charge in [-0.2, -0.15) is 0 Å². The largest absolute Gasteiger partial charge is 0.493 e.